The van der Waals surface area contributed by atoms with Gasteiger partial charge in [0, 0.05) is 16.5 Å². The molecule has 0 aliphatic carbocycles. The number of para-hydroxylation sites is 2. The minimum absolute atomic E-state index is 0.0473. The first kappa shape index (κ1) is 15.7. The van der Waals surface area contributed by atoms with Gasteiger partial charge in [-0.1, -0.05) is 66.2 Å². The Balaban J connectivity index is 2.17. The lowest BCUT2D eigenvalue weighted by Crippen LogP contribution is -2.10. The Labute approximate surface area is 150 Å². The standard InChI is InChI=1S/C22H16ClNO/c1-15(21(23)16-9-3-2-4-10-16)24-19-13-7-5-11-17(19)22(25)18-12-6-8-14-20(18)24/h2-14H,1H3/b21-15-. The molecule has 4 aromatic rings. The van der Waals surface area contributed by atoms with Crippen LogP contribution in [0.2, 0.25) is 0 Å². The van der Waals surface area contributed by atoms with Crippen LogP contribution < -0.4 is 5.43 Å². The molecule has 0 radical (unpaired) electrons. The first-order valence-corrected chi connectivity index (χ1v) is 8.51. The van der Waals surface area contributed by atoms with Gasteiger partial charge in [0.15, 0.2) is 5.43 Å². The van der Waals surface area contributed by atoms with Crippen molar-refractivity contribution in [1.82, 2.24) is 4.57 Å². The zero-order chi connectivity index (χ0) is 17.4. The Kier molecular flexibility index (Phi) is 3.90. The SMILES string of the molecule is C/C(=C(/Cl)c1ccccc1)n1c2ccccc2c(=O)c2ccccc21. The second-order valence-electron chi connectivity index (χ2n) is 5.96. The predicted molar refractivity (Wildman–Crippen MR) is 107 cm³/mol. The fraction of sp³-hybridized carbons (Fsp3) is 0.0455. The molecule has 25 heavy (non-hydrogen) atoms. The zero-order valence-corrected chi connectivity index (χ0v) is 14.5. The third-order valence-corrected chi connectivity index (χ3v) is 4.95. The van der Waals surface area contributed by atoms with Gasteiger partial charge in [-0.05, 0) is 36.8 Å². The summed E-state index contributed by atoms with van der Waals surface area (Å²) < 4.78 is 2.07. The summed E-state index contributed by atoms with van der Waals surface area (Å²) in [6.45, 7) is 1.98. The number of hydrogen-bond acceptors (Lipinski definition) is 1. The first-order chi connectivity index (χ1) is 12.2. The molecule has 0 fully saturated rings. The minimum atomic E-state index is 0.0473. The predicted octanol–water partition coefficient (Wildman–Crippen LogP) is 5.74. The van der Waals surface area contributed by atoms with Gasteiger partial charge in [-0.3, -0.25) is 4.79 Å². The Bertz CT molecular complexity index is 1110. The summed E-state index contributed by atoms with van der Waals surface area (Å²) in [5.74, 6) is 0. The van der Waals surface area contributed by atoms with Crippen LogP contribution in [-0.4, -0.2) is 4.57 Å². The van der Waals surface area contributed by atoms with E-state index in [0.29, 0.717) is 15.8 Å². The molecule has 0 saturated carbocycles. The molecular formula is C22H16ClNO. The van der Waals surface area contributed by atoms with Crippen molar-refractivity contribution in [2.24, 2.45) is 0 Å². The highest BCUT2D eigenvalue weighted by Crippen LogP contribution is 2.30. The lowest BCUT2D eigenvalue weighted by molar-refractivity contribution is 1.19. The highest BCUT2D eigenvalue weighted by molar-refractivity contribution is 6.52. The number of rotatable bonds is 2. The Morgan fingerprint density at radius 3 is 1.80 bits per heavy atom. The molecule has 0 amide bonds. The van der Waals surface area contributed by atoms with Crippen molar-refractivity contribution < 1.29 is 0 Å². The number of benzene rings is 3. The number of allylic oxidation sites excluding steroid dienone is 1. The van der Waals surface area contributed by atoms with Crippen LogP contribution >= 0.6 is 11.6 Å². The van der Waals surface area contributed by atoms with Gasteiger partial charge in [0.1, 0.15) is 0 Å². The molecule has 3 aromatic carbocycles. The van der Waals surface area contributed by atoms with E-state index in [1.54, 1.807) is 0 Å². The first-order valence-electron chi connectivity index (χ1n) is 8.13. The van der Waals surface area contributed by atoms with Crippen LogP contribution in [-0.2, 0) is 0 Å². The Morgan fingerprint density at radius 1 is 0.760 bits per heavy atom. The van der Waals surface area contributed by atoms with E-state index in [0.717, 1.165) is 22.3 Å². The summed E-state index contributed by atoms with van der Waals surface area (Å²) >= 11 is 6.71. The lowest BCUT2D eigenvalue weighted by Gasteiger charge is -2.17. The molecule has 0 aliphatic rings. The molecule has 3 heteroatoms. The van der Waals surface area contributed by atoms with E-state index in [4.69, 9.17) is 11.6 Å². The van der Waals surface area contributed by atoms with Gasteiger partial charge in [0.05, 0.1) is 16.1 Å². The van der Waals surface area contributed by atoms with E-state index in [1.807, 2.05) is 85.8 Å². The van der Waals surface area contributed by atoms with E-state index in [-0.39, 0.29) is 5.43 Å². The van der Waals surface area contributed by atoms with Crippen molar-refractivity contribution in [3.8, 4) is 0 Å². The van der Waals surface area contributed by atoms with Crippen LogP contribution in [0.5, 0.6) is 0 Å². The van der Waals surface area contributed by atoms with Gasteiger partial charge in [-0.15, -0.1) is 0 Å². The Morgan fingerprint density at radius 2 is 1.24 bits per heavy atom. The van der Waals surface area contributed by atoms with E-state index in [9.17, 15) is 4.79 Å². The third-order valence-electron chi connectivity index (χ3n) is 4.46. The summed E-state index contributed by atoms with van der Waals surface area (Å²) in [6.07, 6.45) is 0. The van der Waals surface area contributed by atoms with Crippen LogP contribution in [0.1, 0.15) is 12.5 Å². The van der Waals surface area contributed by atoms with E-state index >= 15 is 0 Å². The number of fused-ring (bicyclic) bond motifs is 2. The molecule has 1 aromatic heterocycles. The Hall–Kier alpha value is -2.84. The normalized spacial score (nSPS) is 12.4. The van der Waals surface area contributed by atoms with Gasteiger partial charge in [0.2, 0.25) is 0 Å². The maximum absolute atomic E-state index is 12.8. The van der Waals surface area contributed by atoms with Gasteiger partial charge >= 0.3 is 0 Å². The van der Waals surface area contributed by atoms with Crippen molar-refractivity contribution >= 4 is 44.1 Å². The third kappa shape index (κ3) is 2.55. The van der Waals surface area contributed by atoms with Crippen LogP contribution in [0, 0.1) is 0 Å². The van der Waals surface area contributed by atoms with Crippen molar-refractivity contribution in [3.05, 3.63) is 94.6 Å². The van der Waals surface area contributed by atoms with Crippen LogP contribution in [0.4, 0.5) is 0 Å². The van der Waals surface area contributed by atoms with Crippen molar-refractivity contribution in [2.45, 2.75) is 6.92 Å². The summed E-state index contributed by atoms with van der Waals surface area (Å²) in [6, 6.07) is 25.2. The minimum Gasteiger partial charge on any atom is -0.312 e. The van der Waals surface area contributed by atoms with E-state index in [1.165, 1.54) is 0 Å². The average molecular weight is 346 g/mol. The smallest absolute Gasteiger partial charge is 0.197 e. The molecule has 4 rings (SSSR count). The largest absolute Gasteiger partial charge is 0.312 e. The monoisotopic (exact) mass is 345 g/mol. The summed E-state index contributed by atoms with van der Waals surface area (Å²) in [7, 11) is 0. The van der Waals surface area contributed by atoms with Crippen molar-refractivity contribution in [1.29, 1.82) is 0 Å². The molecule has 0 bridgehead atoms. The number of aromatic nitrogens is 1. The second kappa shape index (κ2) is 6.23. The average Bonchev–Trinajstić information content (AvgIpc) is 2.68. The fourth-order valence-corrected chi connectivity index (χ4v) is 3.46. The molecule has 0 saturated heterocycles. The van der Waals surface area contributed by atoms with E-state index in [2.05, 4.69) is 4.57 Å². The van der Waals surface area contributed by atoms with Gasteiger partial charge < -0.3 is 4.57 Å². The maximum atomic E-state index is 12.8. The molecule has 0 spiro atoms. The molecule has 2 nitrogen and oxygen atoms in total. The molecule has 0 N–H and O–H groups in total. The molecule has 0 aliphatic heterocycles. The van der Waals surface area contributed by atoms with Crippen LogP contribution in [0.15, 0.2) is 83.7 Å². The van der Waals surface area contributed by atoms with Crippen LogP contribution in [0.3, 0.4) is 0 Å². The highest BCUT2D eigenvalue weighted by Gasteiger charge is 2.13. The highest BCUT2D eigenvalue weighted by atomic mass is 35.5. The van der Waals surface area contributed by atoms with Gasteiger partial charge in [-0.25, -0.2) is 0 Å². The number of pyridine rings is 1. The lowest BCUT2D eigenvalue weighted by atomic mass is 10.1. The van der Waals surface area contributed by atoms with Crippen molar-refractivity contribution in [3.63, 3.8) is 0 Å². The number of hydrogen-bond donors (Lipinski definition) is 0. The maximum Gasteiger partial charge on any atom is 0.197 e. The molecular weight excluding hydrogens is 330 g/mol. The number of halogens is 1. The second-order valence-corrected chi connectivity index (χ2v) is 6.34. The number of nitrogens with zero attached hydrogens (tertiary/aromatic N) is 1. The zero-order valence-electron chi connectivity index (χ0n) is 13.7. The molecule has 0 atom stereocenters. The summed E-state index contributed by atoms with van der Waals surface area (Å²) in [5.41, 5.74) is 3.61. The quantitative estimate of drug-likeness (QED) is 0.425. The van der Waals surface area contributed by atoms with Crippen molar-refractivity contribution in [2.75, 3.05) is 0 Å². The van der Waals surface area contributed by atoms with Gasteiger partial charge in [-0.2, -0.15) is 0 Å². The summed E-state index contributed by atoms with van der Waals surface area (Å²) in [4.78, 5) is 12.8. The summed E-state index contributed by atoms with van der Waals surface area (Å²) in [5, 5.41) is 2.05. The molecule has 0 unspecified atom stereocenters. The molecule has 1 heterocycles. The fourth-order valence-electron chi connectivity index (χ4n) is 3.25. The van der Waals surface area contributed by atoms with E-state index < -0.39 is 0 Å². The topological polar surface area (TPSA) is 22.0 Å². The van der Waals surface area contributed by atoms with Crippen LogP contribution in [0.25, 0.3) is 32.5 Å². The molecule has 122 valence electrons. The van der Waals surface area contributed by atoms with Gasteiger partial charge in [0.25, 0.3) is 0 Å².